The van der Waals surface area contributed by atoms with Crippen molar-refractivity contribution in [3.05, 3.63) is 12.2 Å². The lowest BCUT2D eigenvalue weighted by molar-refractivity contribution is -0.148. The molecule has 0 aromatic carbocycles. The van der Waals surface area contributed by atoms with Crippen molar-refractivity contribution >= 4 is 5.97 Å². The molecule has 1 N–H and O–H groups in total. The summed E-state index contributed by atoms with van der Waals surface area (Å²) in [6.07, 6.45) is 4.73. The number of methoxy groups -OCH3 is 1. The molecule has 0 bridgehead atoms. The van der Waals surface area contributed by atoms with Gasteiger partial charge in [0.2, 0.25) is 0 Å². The van der Waals surface area contributed by atoms with Crippen molar-refractivity contribution in [2.24, 2.45) is 17.8 Å². The lowest BCUT2D eigenvalue weighted by Gasteiger charge is -2.26. The third kappa shape index (κ3) is 2.31. The maximum Gasteiger partial charge on any atom is 0.309 e. The molecule has 0 aromatic rings. The number of rotatable bonds is 2. The molecule has 1 aliphatic rings. The summed E-state index contributed by atoms with van der Waals surface area (Å²) in [6, 6.07) is 0. The summed E-state index contributed by atoms with van der Waals surface area (Å²) < 4.78 is 4.69. The molecule has 74 valence electrons. The summed E-state index contributed by atoms with van der Waals surface area (Å²) in [5, 5.41) is 9.03. The number of carbonyl (C=O) groups is 1. The van der Waals surface area contributed by atoms with Gasteiger partial charge in [-0.25, -0.2) is 0 Å². The lowest BCUT2D eigenvalue weighted by Crippen LogP contribution is -2.30. The third-order valence-electron chi connectivity index (χ3n) is 2.54. The third-order valence-corrected chi connectivity index (χ3v) is 2.54. The molecule has 3 heteroatoms. The number of ether oxygens (including phenoxy) is 1. The number of hydrogen-bond donors (Lipinski definition) is 1. The molecule has 13 heavy (non-hydrogen) atoms. The summed E-state index contributed by atoms with van der Waals surface area (Å²) >= 11 is 0. The Balaban J connectivity index is 2.70. The Bertz CT molecular complexity index is 210. The Morgan fingerprint density at radius 1 is 1.62 bits per heavy atom. The van der Waals surface area contributed by atoms with Gasteiger partial charge < -0.3 is 9.84 Å². The zero-order valence-electron chi connectivity index (χ0n) is 8.06. The number of allylic oxidation sites excluding steroid dienone is 1. The van der Waals surface area contributed by atoms with E-state index in [0.717, 1.165) is 6.42 Å². The monoisotopic (exact) mass is 184 g/mol. The van der Waals surface area contributed by atoms with E-state index in [1.807, 2.05) is 12.2 Å². The smallest absolute Gasteiger partial charge is 0.309 e. The van der Waals surface area contributed by atoms with Crippen molar-refractivity contribution in [3.63, 3.8) is 0 Å². The van der Waals surface area contributed by atoms with Crippen LogP contribution in [0.3, 0.4) is 0 Å². The van der Waals surface area contributed by atoms with Gasteiger partial charge in [0.25, 0.3) is 0 Å². The highest BCUT2D eigenvalue weighted by atomic mass is 16.5. The van der Waals surface area contributed by atoms with Crippen LogP contribution in [0.25, 0.3) is 0 Å². The molecule has 0 aromatic heterocycles. The molecule has 3 atom stereocenters. The van der Waals surface area contributed by atoms with Crippen LogP contribution in [0.4, 0.5) is 0 Å². The van der Waals surface area contributed by atoms with Crippen LogP contribution in [-0.4, -0.2) is 24.8 Å². The molecular formula is C10H16O3. The quantitative estimate of drug-likeness (QED) is 0.514. The Hall–Kier alpha value is -0.830. The second-order valence-electron chi connectivity index (χ2n) is 3.57. The van der Waals surface area contributed by atoms with Gasteiger partial charge in [0.1, 0.15) is 0 Å². The predicted molar refractivity (Wildman–Crippen MR) is 49.0 cm³/mol. The van der Waals surface area contributed by atoms with Gasteiger partial charge >= 0.3 is 5.97 Å². The fourth-order valence-electron chi connectivity index (χ4n) is 1.73. The van der Waals surface area contributed by atoms with Crippen molar-refractivity contribution in [3.8, 4) is 0 Å². The molecule has 3 unspecified atom stereocenters. The molecule has 0 fully saturated rings. The van der Waals surface area contributed by atoms with Crippen LogP contribution in [-0.2, 0) is 9.53 Å². The molecular weight excluding hydrogens is 168 g/mol. The molecule has 3 nitrogen and oxygen atoms in total. The van der Waals surface area contributed by atoms with Crippen LogP contribution >= 0.6 is 0 Å². The van der Waals surface area contributed by atoms with Crippen LogP contribution in [0.15, 0.2) is 12.2 Å². The highest BCUT2D eigenvalue weighted by Crippen LogP contribution is 2.28. The highest BCUT2D eigenvalue weighted by Gasteiger charge is 2.30. The largest absolute Gasteiger partial charge is 0.469 e. The second-order valence-corrected chi connectivity index (χ2v) is 3.57. The van der Waals surface area contributed by atoms with E-state index in [4.69, 9.17) is 5.11 Å². The van der Waals surface area contributed by atoms with Gasteiger partial charge in [-0.05, 0) is 12.3 Å². The zero-order valence-corrected chi connectivity index (χ0v) is 8.06. The molecule has 0 saturated heterocycles. The van der Waals surface area contributed by atoms with Gasteiger partial charge in [-0.3, -0.25) is 4.79 Å². The Morgan fingerprint density at radius 2 is 2.31 bits per heavy atom. The molecule has 1 aliphatic carbocycles. The van der Waals surface area contributed by atoms with E-state index in [9.17, 15) is 4.79 Å². The molecule has 1 rings (SSSR count). The van der Waals surface area contributed by atoms with Gasteiger partial charge in [-0.1, -0.05) is 19.1 Å². The van der Waals surface area contributed by atoms with E-state index in [1.54, 1.807) is 0 Å². The molecule has 0 aliphatic heterocycles. The van der Waals surface area contributed by atoms with Gasteiger partial charge in [-0.15, -0.1) is 0 Å². The van der Waals surface area contributed by atoms with Crippen molar-refractivity contribution in [2.45, 2.75) is 13.3 Å². The first-order chi connectivity index (χ1) is 6.19. The van der Waals surface area contributed by atoms with Crippen molar-refractivity contribution in [2.75, 3.05) is 13.7 Å². The number of aliphatic hydroxyl groups excluding tert-OH is 1. The fraction of sp³-hybridized carbons (Fsp3) is 0.700. The van der Waals surface area contributed by atoms with Crippen molar-refractivity contribution in [1.82, 2.24) is 0 Å². The van der Waals surface area contributed by atoms with E-state index in [-0.39, 0.29) is 24.4 Å². The van der Waals surface area contributed by atoms with E-state index >= 15 is 0 Å². The molecule has 0 heterocycles. The Kier molecular flexibility index (Phi) is 3.48. The van der Waals surface area contributed by atoms with E-state index in [1.165, 1.54) is 7.11 Å². The van der Waals surface area contributed by atoms with Crippen LogP contribution in [0, 0.1) is 17.8 Å². The minimum atomic E-state index is -0.213. The maximum atomic E-state index is 11.3. The summed E-state index contributed by atoms with van der Waals surface area (Å²) in [4.78, 5) is 11.3. The summed E-state index contributed by atoms with van der Waals surface area (Å²) in [6.45, 7) is 2.07. The average Bonchev–Trinajstić information content (AvgIpc) is 2.16. The van der Waals surface area contributed by atoms with Gasteiger partial charge in [0.05, 0.1) is 19.6 Å². The van der Waals surface area contributed by atoms with Gasteiger partial charge in [-0.2, -0.15) is 0 Å². The topological polar surface area (TPSA) is 46.5 Å². The Labute approximate surface area is 78.4 Å². The number of carbonyl (C=O) groups excluding carboxylic acids is 1. The van der Waals surface area contributed by atoms with Crippen molar-refractivity contribution < 1.29 is 14.6 Å². The lowest BCUT2D eigenvalue weighted by atomic mass is 9.80. The second kappa shape index (κ2) is 4.42. The molecule has 0 saturated carbocycles. The van der Waals surface area contributed by atoms with Crippen LogP contribution < -0.4 is 0 Å². The first kappa shape index (κ1) is 10.3. The minimum absolute atomic E-state index is 0.0169. The SMILES string of the molecule is COC(=O)C1CC(C)C=CC1CO. The number of aliphatic hydroxyl groups is 1. The highest BCUT2D eigenvalue weighted by molar-refractivity contribution is 5.73. The van der Waals surface area contributed by atoms with E-state index in [0.29, 0.717) is 5.92 Å². The molecule has 0 amide bonds. The minimum Gasteiger partial charge on any atom is -0.469 e. The molecule has 0 spiro atoms. The number of hydrogen-bond acceptors (Lipinski definition) is 3. The van der Waals surface area contributed by atoms with Gasteiger partial charge in [0, 0.05) is 5.92 Å². The van der Waals surface area contributed by atoms with Crippen LogP contribution in [0.2, 0.25) is 0 Å². The van der Waals surface area contributed by atoms with Crippen LogP contribution in [0.1, 0.15) is 13.3 Å². The van der Waals surface area contributed by atoms with E-state index in [2.05, 4.69) is 11.7 Å². The first-order valence-corrected chi connectivity index (χ1v) is 4.56. The first-order valence-electron chi connectivity index (χ1n) is 4.56. The maximum absolute atomic E-state index is 11.3. The van der Waals surface area contributed by atoms with Crippen molar-refractivity contribution in [1.29, 1.82) is 0 Å². The van der Waals surface area contributed by atoms with E-state index < -0.39 is 0 Å². The molecule has 0 radical (unpaired) electrons. The normalized spacial score (nSPS) is 33.0. The summed E-state index contributed by atoms with van der Waals surface area (Å²) in [5.74, 6) is -0.0548. The predicted octanol–water partition coefficient (Wildman–Crippen LogP) is 0.980. The average molecular weight is 184 g/mol. The summed E-state index contributed by atoms with van der Waals surface area (Å²) in [5.41, 5.74) is 0. The van der Waals surface area contributed by atoms with Gasteiger partial charge in [0.15, 0.2) is 0 Å². The summed E-state index contributed by atoms with van der Waals surface area (Å²) in [7, 11) is 1.39. The Morgan fingerprint density at radius 3 is 2.85 bits per heavy atom. The fourth-order valence-corrected chi connectivity index (χ4v) is 1.73. The van der Waals surface area contributed by atoms with Crippen LogP contribution in [0.5, 0.6) is 0 Å². The zero-order chi connectivity index (χ0) is 9.84. The number of esters is 1. The standard InChI is InChI=1S/C10H16O3/c1-7-3-4-8(6-11)9(5-7)10(12)13-2/h3-4,7-9,11H,5-6H2,1-2H3.